The molecule has 2 heterocycles. The highest BCUT2D eigenvalue weighted by atomic mass is 32.1. The van der Waals surface area contributed by atoms with Gasteiger partial charge in [0.25, 0.3) is 0 Å². The first-order valence-electron chi connectivity index (χ1n) is 18.5. The Morgan fingerprint density at radius 3 is 1.87 bits per heavy atom. The summed E-state index contributed by atoms with van der Waals surface area (Å²) in [6.45, 7) is 0. The molecule has 12 rings (SSSR count). The van der Waals surface area contributed by atoms with Crippen LogP contribution >= 0.6 is 11.3 Å². The molecule has 1 spiro atoms. The molecule has 0 radical (unpaired) electrons. The predicted octanol–water partition coefficient (Wildman–Crippen LogP) is 14.3. The Morgan fingerprint density at radius 1 is 0.407 bits per heavy atom. The van der Waals surface area contributed by atoms with Crippen molar-refractivity contribution in [2.24, 2.45) is 0 Å². The summed E-state index contributed by atoms with van der Waals surface area (Å²) in [5, 5.41) is 7.52. The lowest BCUT2D eigenvalue weighted by atomic mass is 9.58. The molecule has 2 nitrogen and oxygen atoms in total. The van der Waals surface area contributed by atoms with E-state index in [9.17, 15) is 0 Å². The Kier molecular flexibility index (Phi) is 6.17. The van der Waals surface area contributed by atoms with Crippen molar-refractivity contribution in [3.05, 3.63) is 210 Å². The molecule has 0 saturated carbocycles. The first-order valence-corrected chi connectivity index (χ1v) is 19.3. The molecule has 10 aromatic rings. The van der Waals surface area contributed by atoms with Gasteiger partial charge in [0.1, 0.15) is 11.5 Å². The maximum atomic E-state index is 6.67. The van der Waals surface area contributed by atoms with Crippen LogP contribution in [0.5, 0.6) is 11.5 Å². The molecule has 54 heavy (non-hydrogen) atoms. The van der Waals surface area contributed by atoms with E-state index in [0.29, 0.717) is 0 Å². The summed E-state index contributed by atoms with van der Waals surface area (Å²) < 4.78 is 9.26. The zero-order valence-corrected chi connectivity index (χ0v) is 30.0. The van der Waals surface area contributed by atoms with Crippen molar-refractivity contribution in [2.45, 2.75) is 5.41 Å². The van der Waals surface area contributed by atoms with Crippen molar-refractivity contribution in [1.29, 1.82) is 0 Å². The third-order valence-corrected chi connectivity index (χ3v) is 12.8. The van der Waals surface area contributed by atoms with E-state index in [2.05, 4.69) is 193 Å². The largest absolute Gasteiger partial charge is 0.457 e. The number of hydrogen-bond acceptors (Lipinski definition) is 3. The van der Waals surface area contributed by atoms with Gasteiger partial charge in [-0.05, 0) is 75.5 Å². The van der Waals surface area contributed by atoms with E-state index >= 15 is 0 Å². The summed E-state index contributed by atoms with van der Waals surface area (Å²) in [4.78, 5) is 2.49. The molecule has 9 aromatic carbocycles. The standard InChI is InChI=1S/C51H31NOS/c1-2-15-34-32(13-1)14-11-23-44(34)52(33-27-28-37-36-17-4-10-26-48(36)54-49(37)31-33)45-30-29-38-35-16-3-5-19-40(35)51(43-22-12-18-39(45)50(38)43)41-20-6-8-24-46(41)53-47-25-9-7-21-42(47)51/h1-31H. The van der Waals surface area contributed by atoms with Crippen LogP contribution in [0.1, 0.15) is 22.3 Å². The van der Waals surface area contributed by atoms with Gasteiger partial charge in [0, 0.05) is 47.8 Å². The summed E-state index contributed by atoms with van der Waals surface area (Å²) in [7, 11) is 0. The van der Waals surface area contributed by atoms with Gasteiger partial charge in [0.15, 0.2) is 0 Å². The van der Waals surface area contributed by atoms with Crippen molar-refractivity contribution in [3.8, 4) is 22.6 Å². The monoisotopic (exact) mass is 705 g/mol. The van der Waals surface area contributed by atoms with Crippen LogP contribution in [0.2, 0.25) is 0 Å². The maximum absolute atomic E-state index is 6.67. The first kappa shape index (κ1) is 29.9. The average molecular weight is 706 g/mol. The fourth-order valence-corrected chi connectivity index (χ4v) is 10.7. The predicted molar refractivity (Wildman–Crippen MR) is 226 cm³/mol. The number of thiophene rings is 1. The zero-order valence-electron chi connectivity index (χ0n) is 29.2. The van der Waals surface area contributed by atoms with Crippen molar-refractivity contribution >= 4 is 70.1 Å². The number of hydrogen-bond donors (Lipinski definition) is 0. The molecule has 0 saturated heterocycles. The molecule has 3 heteroatoms. The SMILES string of the molecule is c1ccc2c(c1)Oc1ccccc1C21c2ccccc2-c2ccc(N(c3ccc4c(c3)sc3ccccc34)c3cccc4ccccc34)c3cccc1c23. The van der Waals surface area contributed by atoms with Gasteiger partial charge in [0.05, 0.1) is 16.8 Å². The molecule has 1 aliphatic carbocycles. The minimum absolute atomic E-state index is 0.576. The van der Waals surface area contributed by atoms with Gasteiger partial charge in [-0.25, -0.2) is 0 Å². The first-order chi connectivity index (χ1) is 26.8. The van der Waals surface area contributed by atoms with Crippen molar-refractivity contribution in [1.82, 2.24) is 0 Å². The Morgan fingerprint density at radius 2 is 1.02 bits per heavy atom. The van der Waals surface area contributed by atoms with Gasteiger partial charge in [-0.2, -0.15) is 0 Å². The number of benzene rings is 9. The smallest absolute Gasteiger partial charge is 0.132 e. The van der Waals surface area contributed by atoms with Crippen LogP contribution in [0, 0.1) is 0 Å². The minimum atomic E-state index is -0.576. The lowest BCUT2D eigenvalue weighted by Gasteiger charge is -2.45. The van der Waals surface area contributed by atoms with E-state index in [1.807, 2.05) is 11.3 Å². The van der Waals surface area contributed by atoms with Gasteiger partial charge in [0.2, 0.25) is 0 Å². The Labute approximate surface area is 316 Å². The molecule has 252 valence electrons. The lowest BCUT2D eigenvalue weighted by molar-refractivity contribution is 0.435. The number of anilines is 3. The van der Waals surface area contributed by atoms with E-state index in [-0.39, 0.29) is 0 Å². The highest BCUT2D eigenvalue weighted by Gasteiger charge is 2.49. The fraction of sp³-hybridized carbons (Fsp3) is 0.0196. The molecule has 0 N–H and O–H groups in total. The number of nitrogens with zero attached hydrogens (tertiary/aromatic N) is 1. The van der Waals surface area contributed by atoms with E-state index in [1.54, 1.807) is 0 Å². The summed E-state index contributed by atoms with van der Waals surface area (Å²) >= 11 is 1.86. The van der Waals surface area contributed by atoms with E-state index in [0.717, 1.165) is 28.6 Å². The normalized spacial score (nSPS) is 13.5. The molecule has 0 fully saturated rings. The molecule has 1 aromatic heterocycles. The van der Waals surface area contributed by atoms with Gasteiger partial charge in [-0.15, -0.1) is 11.3 Å². The summed E-state index contributed by atoms with van der Waals surface area (Å²) in [6, 6.07) is 69.0. The molecular weight excluding hydrogens is 675 g/mol. The Bertz CT molecular complexity index is 3120. The fourth-order valence-electron chi connectivity index (χ4n) is 9.55. The zero-order chi connectivity index (χ0) is 35.4. The van der Waals surface area contributed by atoms with Gasteiger partial charge in [-0.1, -0.05) is 146 Å². The highest BCUT2D eigenvalue weighted by molar-refractivity contribution is 7.25. The van der Waals surface area contributed by atoms with Gasteiger partial charge >= 0.3 is 0 Å². The van der Waals surface area contributed by atoms with Crippen LogP contribution in [0.3, 0.4) is 0 Å². The van der Waals surface area contributed by atoms with Crippen molar-refractivity contribution in [2.75, 3.05) is 4.90 Å². The second-order valence-corrected chi connectivity index (χ2v) is 15.4. The summed E-state index contributed by atoms with van der Waals surface area (Å²) in [5.41, 5.74) is 10.3. The number of rotatable bonds is 3. The van der Waals surface area contributed by atoms with Crippen molar-refractivity contribution < 1.29 is 4.74 Å². The second kappa shape index (κ2) is 11.2. The third kappa shape index (κ3) is 3.94. The number of ether oxygens (including phenoxy) is 1. The summed E-state index contributed by atoms with van der Waals surface area (Å²) in [6.07, 6.45) is 0. The molecule has 0 bridgehead atoms. The van der Waals surface area contributed by atoms with E-state index in [1.165, 1.54) is 75.1 Å². The van der Waals surface area contributed by atoms with Gasteiger partial charge < -0.3 is 9.64 Å². The quantitative estimate of drug-likeness (QED) is 0.181. The van der Waals surface area contributed by atoms with Crippen LogP contribution in [0.4, 0.5) is 17.1 Å². The molecule has 2 aliphatic rings. The minimum Gasteiger partial charge on any atom is -0.457 e. The average Bonchev–Trinajstić information content (AvgIpc) is 3.61. The third-order valence-electron chi connectivity index (χ3n) is 11.7. The molecule has 0 unspecified atom stereocenters. The van der Waals surface area contributed by atoms with Crippen LogP contribution in [-0.2, 0) is 5.41 Å². The van der Waals surface area contributed by atoms with E-state index in [4.69, 9.17) is 4.74 Å². The number of para-hydroxylation sites is 2. The van der Waals surface area contributed by atoms with Crippen LogP contribution in [0.25, 0.3) is 52.8 Å². The van der Waals surface area contributed by atoms with E-state index < -0.39 is 5.41 Å². The Balaban J connectivity index is 1.21. The second-order valence-electron chi connectivity index (χ2n) is 14.4. The van der Waals surface area contributed by atoms with Gasteiger partial charge in [-0.3, -0.25) is 0 Å². The maximum Gasteiger partial charge on any atom is 0.132 e. The lowest BCUT2D eigenvalue weighted by Crippen LogP contribution is -2.36. The summed E-state index contributed by atoms with van der Waals surface area (Å²) in [5.74, 6) is 1.80. The molecule has 1 aliphatic heterocycles. The highest BCUT2D eigenvalue weighted by Crippen LogP contribution is 2.62. The van der Waals surface area contributed by atoms with Crippen LogP contribution < -0.4 is 9.64 Å². The number of fused-ring (bicyclic) bond motifs is 12. The Hall–Kier alpha value is -6.68. The van der Waals surface area contributed by atoms with Crippen molar-refractivity contribution in [3.63, 3.8) is 0 Å². The molecular formula is C51H31NOS. The topological polar surface area (TPSA) is 12.5 Å². The molecule has 0 atom stereocenters. The van der Waals surface area contributed by atoms with Crippen LogP contribution in [0.15, 0.2) is 188 Å². The molecule has 0 amide bonds. The van der Waals surface area contributed by atoms with Crippen LogP contribution in [-0.4, -0.2) is 0 Å².